The number of hydrazine groups is 1. The van der Waals surface area contributed by atoms with Crippen LogP contribution in [0.2, 0.25) is 0 Å². The zero-order valence-electron chi connectivity index (χ0n) is 17.4. The smallest absolute Gasteiger partial charge is 0.330 e. The summed E-state index contributed by atoms with van der Waals surface area (Å²) in [5.74, 6) is -0.353. The third kappa shape index (κ3) is 7.00. The average Bonchev–Trinajstić information content (AvgIpc) is 3.19. The van der Waals surface area contributed by atoms with Gasteiger partial charge in [-0.1, -0.05) is 18.2 Å². The first-order valence-electron chi connectivity index (χ1n) is 10.0. The van der Waals surface area contributed by atoms with Crippen molar-refractivity contribution >= 4 is 20.6 Å². The van der Waals surface area contributed by atoms with Crippen molar-refractivity contribution in [2.75, 3.05) is 17.9 Å². The first-order chi connectivity index (χ1) is 14.9. The zero-order chi connectivity index (χ0) is 22.2. The average molecular weight is 450 g/mol. The largest absolute Gasteiger partial charge is 0.462 e. The Labute approximate surface area is 181 Å². The summed E-state index contributed by atoms with van der Waals surface area (Å²) < 4.78 is 20.0. The van der Waals surface area contributed by atoms with E-state index >= 15 is 0 Å². The molecule has 1 fully saturated rings. The van der Waals surface area contributed by atoms with E-state index in [4.69, 9.17) is 14.0 Å². The highest BCUT2D eigenvalue weighted by Gasteiger charge is 2.27. The Morgan fingerprint density at radius 2 is 2.06 bits per heavy atom. The summed E-state index contributed by atoms with van der Waals surface area (Å²) in [7, 11) is -0.104. The number of carbonyl (C=O) groups excluding carboxylic acids is 1. The van der Waals surface area contributed by atoms with Gasteiger partial charge in [0.25, 0.3) is 5.56 Å². The quantitative estimate of drug-likeness (QED) is 0.319. The van der Waals surface area contributed by atoms with Crippen LogP contribution in [0.25, 0.3) is 0 Å². The fourth-order valence-electron chi connectivity index (χ4n) is 3.06. The number of benzene rings is 1. The highest BCUT2D eigenvalue weighted by atomic mass is 31.1. The molecule has 3 rings (SSSR count). The molecule has 1 saturated heterocycles. The minimum atomic E-state index is -0.492. The van der Waals surface area contributed by atoms with Crippen molar-refractivity contribution < 1.29 is 18.8 Å². The molecule has 2 N–H and O–H groups in total. The Morgan fingerprint density at radius 1 is 1.29 bits per heavy atom. The highest BCUT2D eigenvalue weighted by Crippen LogP contribution is 2.30. The van der Waals surface area contributed by atoms with Gasteiger partial charge < -0.3 is 14.0 Å². The van der Waals surface area contributed by atoms with E-state index in [9.17, 15) is 14.4 Å². The predicted molar refractivity (Wildman–Crippen MR) is 117 cm³/mol. The van der Waals surface area contributed by atoms with Crippen LogP contribution in [0.15, 0.2) is 52.2 Å². The molecular formula is C20H27N4O6P. The minimum Gasteiger partial charge on any atom is -0.462 e. The SMILES string of the molecule is CC(C)OC(=O)CNN(POCC1CCC(n2ccc(=O)[nH]c2=O)O1)c1ccccc1. The van der Waals surface area contributed by atoms with Crippen LogP contribution in [0.5, 0.6) is 0 Å². The number of nitrogens with one attached hydrogen (secondary N) is 2. The monoisotopic (exact) mass is 450 g/mol. The van der Waals surface area contributed by atoms with Crippen LogP contribution < -0.4 is 21.5 Å². The Hall–Kier alpha value is -2.52. The van der Waals surface area contributed by atoms with E-state index < -0.39 is 17.5 Å². The molecule has 168 valence electrons. The van der Waals surface area contributed by atoms with Crippen LogP contribution in [-0.4, -0.2) is 40.9 Å². The maximum atomic E-state index is 11.9. The van der Waals surface area contributed by atoms with Crippen molar-refractivity contribution in [2.24, 2.45) is 0 Å². The van der Waals surface area contributed by atoms with Crippen LogP contribution in [-0.2, 0) is 18.8 Å². The summed E-state index contributed by atoms with van der Waals surface area (Å²) in [6.45, 7) is 3.94. The fraction of sp³-hybridized carbons (Fsp3) is 0.450. The summed E-state index contributed by atoms with van der Waals surface area (Å²) in [4.78, 5) is 37.3. The van der Waals surface area contributed by atoms with E-state index in [1.54, 1.807) is 18.6 Å². The number of hydrogen-bond acceptors (Lipinski definition) is 8. The molecule has 0 saturated carbocycles. The van der Waals surface area contributed by atoms with E-state index in [0.717, 1.165) is 12.1 Å². The first kappa shape index (κ1) is 23.1. The lowest BCUT2D eigenvalue weighted by Gasteiger charge is -2.25. The molecule has 2 aromatic rings. The number of H-pyrrole nitrogens is 1. The normalized spacial score (nSPS) is 18.7. The van der Waals surface area contributed by atoms with Gasteiger partial charge in [0.2, 0.25) is 0 Å². The molecule has 0 aliphatic carbocycles. The molecule has 0 radical (unpaired) electrons. The highest BCUT2D eigenvalue weighted by molar-refractivity contribution is 7.34. The van der Waals surface area contributed by atoms with Crippen LogP contribution in [0, 0.1) is 0 Å². The molecule has 1 aromatic carbocycles. The summed E-state index contributed by atoms with van der Waals surface area (Å²) in [6.07, 6.45) is 2.01. The Balaban J connectivity index is 1.51. The molecule has 1 aromatic heterocycles. The maximum Gasteiger partial charge on any atom is 0.330 e. The number of hydrogen-bond donors (Lipinski definition) is 2. The van der Waals surface area contributed by atoms with Crippen molar-refractivity contribution in [1.29, 1.82) is 0 Å². The predicted octanol–water partition coefficient (Wildman–Crippen LogP) is 1.70. The first-order valence-corrected chi connectivity index (χ1v) is 10.9. The zero-order valence-corrected chi connectivity index (χ0v) is 18.4. The van der Waals surface area contributed by atoms with Crippen molar-refractivity contribution in [2.45, 2.75) is 45.1 Å². The van der Waals surface area contributed by atoms with Gasteiger partial charge in [0.1, 0.15) is 21.7 Å². The van der Waals surface area contributed by atoms with Gasteiger partial charge in [-0.3, -0.25) is 23.9 Å². The second-order valence-corrected chi connectivity index (χ2v) is 8.17. The van der Waals surface area contributed by atoms with Crippen molar-refractivity contribution in [3.05, 3.63) is 63.4 Å². The number of rotatable bonds is 10. The van der Waals surface area contributed by atoms with Gasteiger partial charge in [-0.05, 0) is 38.8 Å². The summed E-state index contributed by atoms with van der Waals surface area (Å²) in [5, 5.41) is 0. The molecule has 2 heterocycles. The van der Waals surface area contributed by atoms with Gasteiger partial charge in [0, 0.05) is 12.3 Å². The Bertz CT molecular complexity index is 964. The summed E-state index contributed by atoms with van der Waals surface area (Å²) in [6, 6.07) is 10.8. The summed E-state index contributed by atoms with van der Waals surface area (Å²) >= 11 is 0. The van der Waals surface area contributed by atoms with Crippen LogP contribution in [0.4, 0.5) is 5.69 Å². The number of carbonyl (C=O) groups is 1. The topological polar surface area (TPSA) is 115 Å². The number of ether oxygens (including phenoxy) is 2. The molecule has 0 spiro atoms. The molecule has 31 heavy (non-hydrogen) atoms. The molecule has 3 unspecified atom stereocenters. The number of nitrogens with zero attached hydrogens (tertiary/aromatic N) is 2. The molecule has 3 atom stereocenters. The summed E-state index contributed by atoms with van der Waals surface area (Å²) in [5.41, 5.74) is 2.96. The van der Waals surface area contributed by atoms with Crippen molar-refractivity contribution in [3.8, 4) is 0 Å². The second kappa shape index (κ2) is 11.2. The third-order valence-corrected chi connectivity index (χ3v) is 5.33. The molecule has 11 heteroatoms. The molecule has 10 nitrogen and oxygen atoms in total. The maximum absolute atomic E-state index is 11.9. The van der Waals surface area contributed by atoms with E-state index in [1.807, 2.05) is 30.3 Å². The lowest BCUT2D eigenvalue weighted by molar-refractivity contribution is -0.146. The van der Waals surface area contributed by atoms with Gasteiger partial charge in [-0.2, -0.15) is 0 Å². The standard InChI is InChI=1S/C20H27N4O6P/c1-14(2)29-19(26)12-21-24(15-6-4-3-5-7-15)31-28-13-16-8-9-18(30-16)23-11-10-17(25)22-20(23)27/h3-7,10-11,14,16,18,21,31H,8-9,12-13H2,1-2H3,(H,22,25,27). The lowest BCUT2D eigenvalue weighted by atomic mass is 10.2. The van der Waals surface area contributed by atoms with Gasteiger partial charge in [-0.15, -0.1) is 0 Å². The van der Waals surface area contributed by atoms with Gasteiger partial charge >= 0.3 is 11.7 Å². The van der Waals surface area contributed by atoms with Gasteiger partial charge in [0.05, 0.1) is 24.5 Å². The molecule has 0 bridgehead atoms. The van der Waals surface area contributed by atoms with Gasteiger partial charge in [-0.25, -0.2) is 10.2 Å². The van der Waals surface area contributed by atoms with Crippen LogP contribution >= 0.6 is 8.96 Å². The number of aromatic amines is 1. The number of esters is 1. The van der Waals surface area contributed by atoms with E-state index in [2.05, 4.69) is 10.4 Å². The Kier molecular flexibility index (Phi) is 8.36. The third-order valence-electron chi connectivity index (χ3n) is 4.43. The van der Waals surface area contributed by atoms with Gasteiger partial charge in [0.15, 0.2) is 0 Å². The number of para-hydroxylation sites is 1. The Morgan fingerprint density at radius 3 is 2.77 bits per heavy atom. The lowest BCUT2D eigenvalue weighted by Crippen LogP contribution is -2.37. The fourth-order valence-corrected chi connectivity index (χ4v) is 3.85. The second-order valence-electron chi connectivity index (χ2n) is 7.25. The van der Waals surface area contributed by atoms with E-state index in [1.165, 1.54) is 16.8 Å². The van der Waals surface area contributed by atoms with Crippen LogP contribution in [0.3, 0.4) is 0 Å². The molecular weight excluding hydrogens is 423 g/mol. The van der Waals surface area contributed by atoms with Crippen molar-refractivity contribution in [1.82, 2.24) is 15.0 Å². The van der Waals surface area contributed by atoms with Crippen molar-refractivity contribution in [3.63, 3.8) is 0 Å². The van der Waals surface area contributed by atoms with E-state index in [0.29, 0.717) is 13.0 Å². The number of anilines is 1. The minimum absolute atomic E-state index is 0.0144. The van der Waals surface area contributed by atoms with Crippen LogP contribution in [0.1, 0.15) is 32.9 Å². The molecule has 1 aliphatic heterocycles. The molecule has 0 amide bonds. The number of aromatic nitrogens is 2. The molecule has 1 aliphatic rings. The van der Waals surface area contributed by atoms with E-state index in [-0.39, 0.29) is 33.7 Å².